The summed E-state index contributed by atoms with van der Waals surface area (Å²) in [7, 11) is 0. The molecule has 0 spiro atoms. The van der Waals surface area contributed by atoms with Crippen molar-refractivity contribution >= 4 is 0 Å². The molecule has 2 N–H and O–H groups in total. The maximum atomic E-state index is 3.65. The van der Waals surface area contributed by atoms with Crippen LogP contribution in [0.4, 0.5) is 0 Å². The lowest BCUT2D eigenvalue weighted by molar-refractivity contribution is 0.318. The molecule has 2 nitrogen and oxygen atoms in total. The van der Waals surface area contributed by atoms with Crippen molar-refractivity contribution in [3.8, 4) is 0 Å². The van der Waals surface area contributed by atoms with Crippen LogP contribution in [0.3, 0.4) is 0 Å². The minimum absolute atomic E-state index is 0.212. The highest BCUT2D eigenvalue weighted by Gasteiger charge is 2.18. The summed E-state index contributed by atoms with van der Waals surface area (Å²) in [4.78, 5) is 0. The van der Waals surface area contributed by atoms with E-state index in [2.05, 4.69) is 45.3 Å². The standard InChI is InChI=1S/C12H28N2/c1-6-8-11(3)14-12(4,5)10-13-9-7-2/h11,13-14H,6-10H2,1-5H3. The van der Waals surface area contributed by atoms with Crippen LogP contribution in [-0.2, 0) is 0 Å². The van der Waals surface area contributed by atoms with Gasteiger partial charge in [-0.2, -0.15) is 0 Å². The van der Waals surface area contributed by atoms with Crippen molar-refractivity contribution in [2.45, 2.75) is 65.5 Å². The van der Waals surface area contributed by atoms with Crippen molar-refractivity contribution < 1.29 is 0 Å². The molecule has 0 heterocycles. The number of nitrogens with one attached hydrogen (secondary N) is 2. The molecule has 0 saturated heterocycles. The van der Waals surface area contributed by atoms with Crippen LogP contribution in [0.1, 0.15) is 53.9 Å². The van der Waals surface area contributed by atoms with Crippen molar-refractivity contribution in [3.05, 3.63) is 0 Å². The number of hydrogen-bond acceptors (Lipinski definition) is 2. The van der Waals surface area contributed by atoms with E-state index in [4.69, 9.17) is 0 Å². The molecule has 0 aromatic carbocycles. The Hall–Kier alpha value is -0.0800. The van der Waals surface area contributed by atoms with Gasteiger partial charge < -0.3 is 10.6 Å². The first-order valence-corrected chi connectivity index (χ1v) is 6.00. The number of rotatable bonds is 8. The van der Waals surface area contributed by atoms with Gasteiger partial charge in [0.15, 0.2) is 0 Å². The van der Waals surface area contributed by atoms with E-state index in [1.54, 1.807) is 0 Å². The van der Waals surface area contributed by atoms with Gasteiger partial charge in [0.2, 0.25) is 0 Å². The highest BCUT2D eigenvalue weighted by atomic mass is 15.0. The third kappa shape index (κ3) is 7.34. The fourth-order valence-electron chi connectivity index (χ4n) is 1.80. The van der Waals surface area contributed by atoms with Crippen LogP contribution >= 0.6 is 0 Å². The second-order valence-electron chi connectivity index (χ2n) is 4.89. The first kappa shape index (κ1) is 13.9. The van der Waals surface area contributed by atoms with Crippen molar-refractivity contribution in [2.75, 3.05) is 13.1 Å². The third-order valence-electron chi connectivity index (χ3n) is 2.35. The lowest BCUT2D eigenvalue weighted by Gasteiger charge is -2.30. The lowest BCUT2D eigenvalue weighted by Crippen LogP contribution is -2.51. The van der Waals surface area contributed by atoms with Crippen LogP contribution in [0.5, 0.6) is 0 Å². The van der Waals surface area contributed by atoms with Crippen molar-refractivity contribution in [1.82, 2.24) is 10.6 Å². The maximum Gasteiger partial charge on any atom is 0.0252 e. The molecule has 0 saturated carbocycles. The van der Waals surface area contributed by atoms with Crippen molar-refractivity contribution in [3.63, 3.8) is 0 Å². The average molecular weight is 200 g/mol. The van der Waals surface area contributed by atoms with Crippen LogP contribution in [0.25, 0.3) is 0 Å². The molecule has 14 heavy (non-hydrogen) atoms. The predicted octanol–water partition coefficient (Wildman–Crippen LogP) is 2.54. The maximum absolute atomic E-state index is 3.65. The molecule has 0 amide bonds. The van der Waals surface area contributed by atoms with Gasteiger partial charge in [-0.3, -0.25) is 0 Å². The lowest BCUT2D eigenvalue weighted by atomic mass is 10.0. The molecule has 1 unspecified atom stereocenters. The number of hydrogen-bond donors (Lipinski definition) is 2. The summed E-state index contributed by atoms with van der Waals surface area (Å²) < 4.78 is 0. The van der Waals surface area contributed by atoms with E-state index in [1.807, 2.05) is 0 Å². The quantitative estimate of drug-likeness (QED) is 0.588. The molecule has 0 aromatic heterocycles. The molecule has 0 aliphatic carbocycles. The third-order valence-corrected chi connectivity index (χ3v) is 2.35. The predicted molar refractivity (Wildman–Crippen MR) is 64.7 cm³/mol. The molecule has 2 heteroatoms. The van der Waals surface area contributed by atoms with Crippen LogP contribution in [0.2, 0.25) is 0 Å². The van der Waals surface area contributed by atoms with Gasteiger partial charge in [0.05, 0.1) is 0 Å². The van der Waals surface area contributed by atoms with Gasteiger partial charge >= 0.3 is 0 Å². The Kier molecular flexibility index (Phi) is 7.20. The summed E-state index contributed by atoms with van der Waals surface area (Å²) >= 11 is 0. The zero-order chi connectivity index (χ0) is 11.0. The second kappa shape index (κ2) is 7.24. The Labute approximate surface area is 89.9 Å². The van der Waals surface area contributed by atoms with E-state index < -0.39 is 0 Å². The molecule has 0 fully saturated rings. The van der Waals surface area contributed by atoms with Gasteiger partial charge in [0.25, 0.3) is 0 Å². The zero-order valence-corrected chi connectivity index (χ0v) is 10.6. The van der Waals surface area contributed by atoms with Crippen LogP contribution in [0, 0.1) is 0 Å². The fourth-order valence-corrected chi connectivity index (χ4v) is 1.80. The first-order valence-electron chi connectivity index (χ1n) is 6.00. The average Bonchev–Trinajstić information content (AvgIpc) is 2.03. The van der Waals surface area contributed by atoms with Gasteiger partial charge in [-0.25, -0.2) is 0 Å². The van der Waals surface area contributed by atoms with Gasteiger partial charge in [0.1, 0.15) is 0 Å². The highest BCUT2D eigenvalue weighted by Crippen LogP contribution is 2.05. The Morgan fingerprint density at radius 1 is 1.14 bits per heavy atom. The van der Waals surface area contributed by atoms with Crippen LogP contribution < -0.4 is 10.6 Å². The van der Waals surface area contributed by atoms with E-state index in [9.17, 15) is 0 Å². The Balaban J connectivity index is 3.69. The van der Waals surface area contributed by atoms with Gasteiger partial charge in [-0.05, 0) is 40.2 Å². The largest absolute Gasteiger partial charge is 0.315 e. The van der Waals surface area contributed by atoms with Gasteiger partial charge in [-0.15, -0.1) is 0 Å². The minimum atomic E-state index is 0.212. The molecule has 0 bridgehead atoms. The molecule has 0 rings (SSSR count). The normalized spacial score (nSPS) is 14.4. The SMILES string of the molecule is CCCNCC(C)(C)NC(C)CCC. The van der Waals surface area contributed by atoms with Crippen LogP contribution in [0.15, 0.2) is 0 Å². The summed E-state index contributed by atoms with van der Waals surface area (Å²) in [6.07, 6.45) is 3.73. The molecular weight excluding hydrogens is 172 g/mol. The summed E-state index contributed by atoms with van der Waals surface area (Å²) in [5.74, 6) is 0. The summed E-state index contributed by atoms with van der Waals surface area (Å²) in [5, 5.41) is 7.11. The van der Waals surface area contributed by atoms with E-state index >= 15 is 0 Å². The van der Waals surface area contributed by atoms with E-state index in [0.717, 1.165) is 13.1 Å². The molecule has 0 aliphatic heterocycles. The molecule has 0 radical (unpaired) electrons. The van der Waals surface area contributed by atoms with Gasteiger partial charge in [-0.1, -0.05) is 20.3 Å². The van der Waals surface area contributed by atoms with Gasteiger partial charge in [0, 0.05) is 18.1 Å². The molecular formula is C12H28N2. The Bertz CT molecular complexity index is 132. The fraction of sp³-hybridized carbons (Fsp3) is 1.00. The highest BCUT2D eigenvalue weighted by molar-refractivity contribution is 4.82. The summed E-state index contributed by atoms with van der Waals surface area (Å²) in [6.45, 7) is 13.4. The van der Waals surface area contributed by atoms with E-state index in [0.29, 0.717) is 6.04 Å². The summed E-state index contributed by atoms with van der Waals surface area (Å²) in [5.41, 5.74) is 0.212. The van der Waals surface area contributed by atoms with E-state index in [-0.39, 0.29) is 5.54 Å². The Morgan fingerprint density at radius 3 is 2.29 bits per heavy atom. The molecule has 0 aliphatic rings. The van der Waals surface area contributed by atoms with E-state index in [1.165, 1.54) is 19.3 Å². The smallest absolute Gasteiger partial charge is 0.0252 e. The molecule has 1 atom stereocenters. The first-order chi connectivity index (χ1) is 6.52. The topological polar surface area (TPSA) is 24.1 Å². The summed E-state index contributed by atoms with van der Waals surface area (Å²) in [6, 6.07) is 0.624. The van der Waals surface area contributed by atoms with Crippen molar-refractivity contribution in [2.24, 2.45) is 0 Å². The molecule has 0 aromatic rings. The minimum Gasteiger partial charge on any atom is -0.315 e. The van der Waals surface area contributed by atoms with Crippen LogP contribution in [-0.4, -0.2) is 24.7 Å². The second-order valence-corrected chi connectivity index (χ2v) is 4.89. The van der Waals surface area contributed by atoms with Crippen molar-refractivity contribution in [1.29, 1.82) is 0 Å². The molecule has 86 valence electrons. The Morgan fingerprint density at radius 2 is 1.79 bits per heavy atom. The monoisotopic (exact) mass is 200 g/mol. The zero-order valence-electron chi connectivity index (χ0n) is 10.6.